The maximum absolute atomic E-state index is 13.2. The van der Waals surface area contributed by atoms with Crippen molar-refractivity contribution in [3.05, 3.63) is 54.2 Å². The number of amides is 2. The Bertz CT molecular complexity index is 1470. The van der Waals surface area contributed by atoms with Crippen LogP contribution < -0.4 is 16.4 Å². The molecule has 2 heterocycles. The Labute approximate surface area is 223 Å². The Kier molecular flexibility index (Phi) is 7.55. The highest BCUT2D eigenvalue weighted by Crippen LogP contribution is 2.28. The molecule has 4 rings (SSSR count). The van der Waals surface area contributed by atoms with E-state index in [2.05, 4.69) is 10.6 Å². The second-order valence-corrected chi connectivity index (χ2v) is 12.6. The molecule has 0 spiro atoms. The number of ether oxygens (including phenoxy) is 1. The van der Waals surface area contributed by atoms with Gasteiger partial charge >= 0.3 is 6.09 Å². The summed E-state index contributed by atoms with van der Waals surface area (Å²) in [6.45, 7) is 9.69. The molecule has 1 fully saturated rings. The van der Waals surface area contributed by atoms with Gasteiger partial charge in [0.1, 0.15) is 11.6 Å². The normalized spacial score (nSPS) is 17.4. The van der Waals surface area contributed by atoms with E-state index in [1.54, 1.807) is 80.9 Å². The number of aromatic nitrogens is 1. The Balaban J connectivity index is 1.50. The lowest BCUT2D eigenvalue weighted by molar-refractivity contribution is -0.118. The molecule has 204 valence electrons. The predicted octanol–water partition coefficient (Wildman–Crippen LogP) is 4.22. The smallest absolute Gasteiger partial charge is 0.412 e. The van der Waals surface area contributed by atoms with Crippen molar-refractivity contribution in [2.24, 2.45) is 5.73 Å². The van der Waals surface area contributed by atoms with Gasteiger partial charge in [-0.15, -0.1) is 0 Å². The number of aryl methyl sites for hydroxylation is 1. The van der Waals surface area contributed by atoms with Gasteiger partial charge in [0.2, 0.25) is 15.9 Å². The first-order valence-corrected chi connectivity index (χ1v) is 14.0. The molecular weight excluding hydrogens is 506 g/mol. The van der Waals surface area contributed by atoms with Crippen molar-refractivity contribution in [1.29, 1.82) is 0 Å². The number of nitrogens with zero attached hydrogens (tertiary/aromatic N) is 2. The monoisotopic (exact) mass is 541 g/mol. The molecular formula is C27H35N5O5S. The van der Waals surface area contributed by atoms with Gasteiger partial charge in [-0.3, -0.25) is 10.1 Å². The number of fused-ring (bicyclic) bond motifs is 1. The van der Waals surface area contributed by atoms with E-state index in [9.17, 15) is 18.0 Å². The molecule has 1 aliphatic heterocycles. The Morgan fingerprint density at radius 3 is 2.50 bits per heavy atom. The minimum atomic E-state index is -3.63. The molecule has 1 aromatic heterocycles. The average molecular weight is 542 g/mol. The zero-order valence-corrected chi connectivity index (χ0v) is 23.1. The van der Waals surface area contributed by atoms with Crippen LogP contribution in [0.25, 0.3) is 10.9 Å². The number of sulfonamides is 1. The third-order valence-electron chi connectivity index (χ3n) is 6.45. The molecule has 0 saturated carbocycles. The third-order valence-corrected chi connectivity index (χ3v) is 8.32. The van der Waals surface area contributed by atoms with Crippen LogP contribution in [0.15, 0.2) is 53.6 Å². The minimum absolute atomic E-state index is 0.147. The summed E-state index contributed by atoms with van der Waals surface area (Å²) in [6.07, 6.45) is 1.83. The summed E-state index contributed by atoms with van der Waals surface area (Å²) in [6, 6.07) is 11.2. The average Bonchev–Trinajstić information content (AvgIpc) is 3.45. The fourth-order valence-corrected chi connectivity index (χ4v) is 5.93. The van der Waals surface area contributed by atoms with Crippen LogP contribution in [0.5, 0.6) is 0 Å². The van der Waals surface area contributed by atoms with Crippen molar-refractivity contribution in [2.75, 3.05) is 23.7 Å². The Morgan fingerprint density at radius 2 is 1.84 bits per heavy atom. The molecule has 38 heavy (non-hydrogen) atoms. The molecule has 4 N–H and O–H groups in total. The fraction of sp³-hybridized carbons (Fsp3) is 0.407. The van der Waals surface area contributed by atoms with E-state index < -0.39 is 27.8 Å². The zero-order chi connectivity index (χ0) is 27.8. The van der Waals surface area contributed by atoms with Crippen molar-refractivity contribution >= 4 is 44.3 Å². The number of carbonyl (C=O) groups excluding carboxylic acids is 2. The maximum atomic E-state index is 13.2. The molecule has 1 aliphatic rings. The molecule has 0 aliphatic carbocycles. The van der Waals surface area contributed by atoms with Crippen molar-refractivity contribution in [1.82, 2.24) is 8.87 Å². The van der Waals surface area contributed by atoms with Gasteiger partial charge in [0.15, 0.2) is 0 Å². The van der Waals surface area contributed by atoms with Gasteiger partial charge in [-0.05, 0) is 83.0 Å². The van der Waals surface area contributed by atoms with Crippen molar-refractivity contribution < 1.29 is 22.7 Å². The molecule has 0 bridgehead atoms. The number of nitrogens with one attached hydrogen (secondary N) is 2. The lowest BCUT2D eigenvalue weighted by Crippen LogP contribution is -2.31. The molecule has 2 atom stereocenters. The molecule has 1 unspecified atom stereocenters. The summed E-state index contributed by atoms with van der Waals surface area (Å²) >= 11 is 0. The van der Waals surface area contributed by atoms with E-state index in [0.717, 1.165) is 11.1 Å². The number of hydrogen-bond donors (Lipinski definition) is 3. The first kappa shape index (κ1) is 27.6. The van der Waals surface area contributed by atoms with Crippen LogP contribution in [0, 0.1) is 6.92 Å². The van der Waals surface area contributed by atoms with E-state index in [1.165, 1.54) is 4.31 Å². The van der Waals surface area contributed by atoms with Gasteiger partial charge in [0, 0.05) is 47.6 Å². The van der Waals surface area contributed by atoms with Crippen molar-refractivity contribution in [3.8, 4) is 0 Å². The van der Waals surface area contributed by atoms with Gasteiger partial charge in [0.05, 0.1) is 4.90 Å². The summed E-state index contributed by atoms with van der Waals surface area (Å²) in [7, 11) is -3.63. The van der Waals surface area contributed by atoms with E-state index >= 15 is 0 Å². The summed E-state index contributed by atoms with van der Waals surface area (Å²) in [4.78, 5) is 25.5. The number of rotatable bonds is 6. The van der Waals surface area contributed by atoms with Gasteiger partial charge in [-0.25, -0.2) is 13.2 Å². The molecule has 1 saturated heterocycles. The number of benzene rings is 2. The van der Waals surface area contributed by atoms with Crippen LogP contribution in [-0.4, -0.2) is 54.0 Å². The molecule has 2 aromatic carbocycles. The molecule has 3 aromatic rings. The Morgan fingerprint density at radius 1 is 1.11 bits per heavy atom. The highest BCUT2D eigenvalue weighted by atomic mass is 32.2. The molecule has 10 nitrogen and oxygen atoms in total. The zero-order valence-electron chi connectivity index (χ0n) is 22.3. The van der Waals surface area contributed by atoms with Crippen LogP contribution in [0.1, 0.15) is 45.7 Å². The minimum Gasteiger partial charge on any atom is -0.444 e. The Hall–Kier alpha value is -3.41. The van der Waals surface area contributed by atoms with E-state index in [1.807, 2.05) is 6.92 Å². The fourth-order valence-electron chi connectivity index (χ4n) is 4.38. The molecule has 2 amide bonds. The highest BCUT2D eigenvalue weighted by Gasteiger charge is 2.31. The van der Waals surface area contributed by atoms with Gasteiger partial charge in [-0.2, -0.15) is 4.31 Å². The van der Waals surface area contributed by atoms with Gasteiger partial charge in [-0.1, -0.05) is 6.07 Å². The molecule has 11 heteroatoms. The van der Waals surface area contributed by atoms with Crippen LogP contribution >= 0.6 is 0 Å². The van der Waals surface area contributed by atoms with Crippen LogP contribution in [0.3, 0.4) is 0 Å². The first-order valence-electron chi connectivity index (χ1n) is 12.5. The summed E-state index contributed by atoms with van der Waals surface area (Å²) < 4.78 is 34.6. The standard InChI is InChI=1S/C27H35N5O5S/c1-17-6-7-21(29-26(34)37-27(3,4)5)15-23(17)30-25(33)18(2)32-13-10-19-14-22(8-9-24(19)32)38(35,36)31-12-11-20(28)16-31/h6-10,13-15,18,20H,11-12,16,28H2,1-5H3,(H,29,34)(H,30,33)/t18?,20-/m1/s1. The third kappa shape index (κ3) is 6.01. The predicted molar refractivity (Wildman–Crippen MR) is 148 cm³/mol. The molecule has 0 radical (unpaired) electrons. The SMILES string of the molecule is Cc1ccc(NC(=O)OC(C)(C)C)cc1NC(=O)C(C)n1ccc2cc(S(=O)(=O)N3CC[C@@H](N)C3)ccc21. The van der Waals surface area contributed by atoms with Gasteiger partial charge < -0.3 is 20.4 Å². The number of carbonyl (C=O) groups is 2. The quantitative estimate of drug-likeness (QED) is 0.428. The van der Waals surface area contributed by atoms with E-state index in [4.69, 9.17) is 10.5 Å². The van der Waals surface area contributed by atoms with Crippen LogP contribution in [-0.2, 0) is 19.6 Å². The van der Waals surface area contributed by atoms with E-state index in [0.29, 0.717) is 36.3 Å². The lowest BCUT2D eigenvalue weighted by Gasteiger charge is -2.20. The van der Waals surface area contributed by atoms with E-state index in [-0.39, 0.29) is 16.8 Å². The number of hydrogen-bond acceptors (Lipinski definition) is 6. The second-order valence-electron chi connectivity index (χ2n) is 10.7. The van der Waals surface area contributed by atoms with Crippen LogP contribution in [0.2, 0.25) is 0 Å². The largest absolute Gasteiger partial charge is 0.444 e. The van der Waals surface area contributed by atoms with Crippen molar-refractivity contribution in [2.45, 2.75) is 63.6 Å². The number of anilines is 2. The number of nitrogens with two attached hydrogens (primary N) is 1. The maximum Gasteiger partial charge on any atom is 0.412 e. The summed E-state index contributed by atoms with van der Waals surface area (Å²) in [5, 5.41) is 6.34. The first-order chi connectivity index (χ1) is 17.7. The summed E-state index contributed by atoms with van der Waals surface area (Å²) in [5.41, 5.74) is 7.89. The topological polar surface area (TPSA) is 136 Å². The lowest BCUT2D eigenvalue weighted by atomic mass is 10.1. The second kappa shape index (κ2) is 10.4. The van der Waals surface area contributed by atoms with Crippen LogP contribution in [0.4, 0.5) is 16.2 Å². The summed E-state index contributed by atoms with van der Waals surface area (Å²) in [5.74, 6) is -0.261. The highest BCUT2D eigenvalue weighted by molar-refractivity contribution is 7.89. The van der Waals surface area contributed by atoms with Crippen molar-refractivity contribution in [3.63, 3.8) is 0 Å². The van der Waals surface area contributed by atoms with Gasteiger partial charge in [0.25, 0.3) is 0 Å².